The van der Waals surface area contributed by atoms with Crippen molar-refractivity contribution in [1.29, 1.82) is 0 Å². The Morgan fingerprint density at radius 3 is 2.56 bits per heavy atom. The average molecular weight is 507 g/mol. The lowest BCUT2D eigenvalue weighted by molar-refractivity contribution is -0.275. The lowest BCUT2D eigenvalue weighted by Gasteiger charge is -2.46. The van der Waals surface area contributed by atoms with E-state index >= 15 is 0 Å². The number of benzene rings is 1. The third-order valence-electron chi connectivity index (χ3n) is 7.77. The SMILES string of the molecule is CC(C)C1(Oc2cc(C(=O)OCCS(=O)(=O)O)ccc2OC(F)(F)F)CC2CC1C1CCCC21. The minimum Gasteiger partial charge on any atom is -0.483 e. The van der Waals surface area contributed by atoms with Gasteiger partial charge in [-0.15, -0.1) is 13.2 Å². The first kappa shape index (κ1) is 25.1. The summed E-state index contributed by atoms with van der Waals surface area (Å²) in [7, 11) is -4.33. The van der Waals surface area contributed by atoms with Gasteiger partial charge < -0.3 is 14.2 Å². The summed E-state index contributed by atoms with van der Waals surface area (Å²) in [6, 6.07) is 3.25. The number of halogens is 3. The van der Waals surface area contributed by atoms with Gasteiger partial charge in [0, 0.05) is 5.92 Å². The van der Waals surface area contributed by atoms with E-state index in [-0.39, 0.29) is 23.1 Å². The molecule has 1 N–H and O–H groups in total. The molecular weight excluding hydrogens is 477 g/mol. The second kappa shape index (κ2) is 8.89. The number of ether oxygens (including phenoxy) is 3. The topological polar surface area (TPSA) is 99.1 Å². The van der Waals surface area contributed by atoms with E-state index in [4.69, 9.17) is 14.0 Å². The largest absolute Gasteiger partial charge is 0.573 e. The summed E-state index contributed by atoms with van der Waals surface area (Å²) >= 11 is 0. The van der Waals surface area contributed by atoms with Crippen LogP contribution in [0.3, 0.4) is 0 Å². The number of rotatable bonds is 8. The van der Waals surface area contributed by atoms with E-state index in [9.17, 15) is 26.4 Å². The van der Waals surface area contributed by atoms with Crippen LogP contribution in [0.5, 0.6) is 11.5 Å². The summed E-state index contributed by atoms with van der Waals surface area (Å²) in [6.07, 6.45) is 0.212. The lowest BCUT2D eigenvalue weighted by Crippen LogP contribution is -2.50. The van der Waals surface area contributed by atoms with Gasteiger partial charge in [-0.05, 0) is 67.6 Å². The maximum atomic E-state index is 13.1. The molecule has 2 bridgehead atoms. The van der Waals surface area contributed by atoms with Crippen LogP contribution in [0, 0.1) is 29.6 Å². The molecule has 4 rings (SSSR count). The zero-order valence-electron chi connectivity index (χ0n) is 19.0. The minimum absolute atomic E-state index is 0.0214. The van der Waals surface area contributed by atoms with Crippen molar-refractivity contribution in [1.82, 2.24) is 0 Å². The molecule has 3 aliphatic rings. The Balaban J connectivity index is 1.63. The molecular formula is C23H29F3O7S. The minimum atomic E-state index is -4.95. The number of alkyl halides is 3. The van der Waals surface area contributed by atoms with E-state index in [1.807, 2.05) is 13.8 Å². The van der Waals surface area contributed by atoms with Crippen molar-refractivity contribution in [2.24, 2.45) is 29.6 Å². The van der Waals surface area contributed by atoms with Crippen LogP contribution >= 0.6 is 0 Å². The second-order valence-corrected chi connectivity index (χ2v) is 11.5. The molecule has 0 aromatic heterocycles. The van der Waals surface area contributed by atoms with Crippen molar-refractivity contribution in [2.75, 3.05) is 12.4 Å². The molecule has 1 aromatic rings. The molecule has 0 radical (unpaired) electrons. The van der Waals surface area contributed by atoms with Crippen molar-refractivity contribution in [2.45, 2.75) is 57.9 Å². The van der Waals surface area contributed by atoms with Crippen LogP contribution in [0.1, 0.15) is 56.3 Å². The third-order valence-corrected chi connectivity index (χ3v) is 8.45. The van der Waals surface area contributed by atoms with Gasteiger partial charge in [0.15, 0.2) is 11.5 Å². The van der Waals surface area contributed by atoms with Crippen LogP contribution in [0.2, 0.25) is 0 Å². The highest BCUT2D eigenvalue weighted by molar-refractivity contribution is 7.85. The summed E-state index contributed by atoms with van der Waals surface area (Å²) < 4.78 is 85.2. The molecule has 0 amide bonds. The van der Waals surface area contributed by atoms with Crippen LogP contribution in [0.4, 0.5) is 13.2 Å². The van der Waals surface area contributed by atoms with E-state index in [0.29, 0.717) is 17.8 Å². The highest BCUT2D eigenvalue weighted by Gasteiger charge is 2.63. The van der Waals surface area contributed by atoms with E-state index in [1.165, 1.54) is 6.42 Å². The summed E-state index contributed by atoms with van der Waals surface area (Å²) in [4.78, 5) is 12.4. The maximum Gasteiger partial charge on any atom is 0.573 e. The van der Waals surface area contributed by atoms with Crippen LogP contribution in [-0.4, -0.2) is 43.3 Å². The van der Waals surface area contributed by atoms with Crippen molar-refractivity contribution in [3.05, 3.63) is 23.8 Å². The van der Waals surface area contributed by atoms with E-state index in [0.717, 1.165) is 43.9 Å². The molecule has 34 heavy (non-hydrogen) atoms. The predicted octanol–water partition coefficient (Wildman–Crippen LogP) is 4.86. The van der Waals surface area contributed by atoms with Gasteiger partial charge >= 0.3 is 12.3 Å². The molecule has 3 saturated carbocycles. The van der Waals surface area contributed by atoms with Crippen molar-refractivity contribution >= 4 is 16.1 Å². The van der Waals surface area contributed by atoms with Gasteiger partial charge in [0.25, 0.3) is 10.1 Å². The zero-order valence-corrected chi connectivity index (χ0v) is 19.8. The van der Waals surface area contributed by atoms with Crippen molar-refractivity contribution < 1.29 is 45.1 Å². The standard InChI is InChI=1S/C23H29F3O7S/c1-13(2)22(12-15-10-18(22)17-5-3-4-16(15)17)32-20-11-14(6-7-19(20)33-23(24,25)26)21(27)31-8-9-34(28,29)30/h6-7,11,13,15-18H,3-5,8-10,12H2,1-2H3,(H,28,29,30). The average Bonchev–Trinajstić information content (AvgIpc) is 3.39. The molecule has 190 valence electrons. The molecule has 0 spiro atoms. The number of fused-ring (bicyclic) bond motifs is 5. The molecule has 7 nitrogen and oxygen atoms in total. The molecule has 1 aromatic carbocycles. The number of carbonyl (C=O) groups excluding carboxylic acids is 1. The molecule has 11 heteroatoms. The van der Waals surface area contributed by atoms with Crippen LogP contribution < -0.4 is 9.47 Å². The summed E-state index contributed by atoms with van der Waals surface area (Å²) in [5.41, 5.74) is -0.784. The van der Waals surface area contributed by atoms with Gasteiger partial charge in [-0.1, -0.05) is 20.3 Å². The number of hydrogen-bond acceptors (Lipinski definition) is 6. The quantitative estimate of drug-likeness (QED) is 0.397. The Labute approximate surface area is 196 Å². The third kappa shape index (κ3) is 5.00. The van der Waals surface area contributed by atoms with Crippen LogP contribution in [-0.2, 0) is 14.9 Å². The summed E-state index contributed by atoms with van der Waals surface area (Å²) in [6.45, 7) is 3.40. The molecule has 3 aliphatic carbocycles. The molecule has 0 aliphatic heterocycles. The first-order valence-corrected chi connectivity index (χ1v) is 13.1. The fourth-order valence-corrected chi connectivity index (χ4v) is 6.78. The van der Waals surface area contributed by atoms with E-state index in [1.54, 1.807) is 0 Å². The molecule has 5 atom stereocenters. The van der Waals surface area contributed by atoms with Gasteiger partial charge in [-0.25, -0.2) is 4.79 Å². The second-order valence-electron chi connectivity index (χ2n) is 9.91. The first-order chi connectivity index (χ1) is 15.8. The Morgan fingerprint density at radius 1 is 1.21 bits per heavy atom. The van der Waals surface area contributed by atoms with Gasteiger partial charge in [0.1, 0.15) is 18.0 Å². The number of esters is 1. The Kier molecular flexibility index (Phi) is 6.56. The zero-order chi connectivity index (χ0) is 24.9. The highest BCUT2D eigenvalue weighted by atomic mass is 32.2. The first-order valence-electron chi connectivity index (χ1n) is 11.5. The van der Waals surface area contributed by atoms with Crippen LogP contribution in [0.15, 0.2) is 18.2 Å². The normalized spacial score (nSPS) is 30.4. The fourth-order valence-electron chi connectivity index (χ4n) is 6.49. The molecule has 0 heterocycles. The highest BCUT2D eigenvalue weighted by Crippen LogP contribution is 2.65. The van der Waals surface area contributed by atoms with Crippen LogP contribution in [0.25, 0.3) is 0 Å². The van der Waals surface area contributed by atoms with Crippen molar-refractivity contribution in [3.8, 4) is 11.5 Å². The van der Waals surface area contributed by atoms with Gasteiger partial charge in [0.2, 0.25) is 0 Å². The van der Waals surface area contributed by atoms with Crippen molar-refractivity contribution in [3.63, 3.8) is 0 Å². The fraction of sp³-hybridized carbons (Fsp3) is 0.696. The number of hydrogen-bond donors (Lipinski definition) is 1. The molecule has 5 unspecified atom stereocenters. The smallest absolute Gasteiger partial charge is 0.483 e. The van der Waals surface area contributed by atoms with Gasteiger partial charge in [-0.2, -0.15) is 8.42 Å². The lowest BCUT2D eigenvalue weighted by atomic mass is 9.68. The van der Waals surface area contributed by atoms with E-state index < -0.39 is 46.2 Å². The Morgan fingerprint density at radius 2 is 1.91 bits per heavy atom. The number of carbonyl (C=O) groups is 1. The maximum absolute atomic E-state index is 13.1. The predicted molar refractivity (Wildman–Crippen MR) is 115 cm³/mol. The summed E-state index contributed by atoms with van der Waals surface area (Å²) in [5, 5.41) is 0. The van der Waals surface area contributed by atoms with Gasteiger partial charge in [-0.3, -0.25) is 4.55 Å². The van der Waals surface area contributed by atoms with E-state index in [2.05, 4.69) is 4.74 Å². The van der Waals surface area contributed by atoms with Gasteiger partial charge in [0.05, 0.1) is 5.56 Å². The molecule has 3 fully saturated rings. The summed E-state index contributed by atoms with van der Waals surface area (Å²) in [5.74, 6) is -0.640. The Bertz CT molecular complexity index is 1040. The monoisotopic (exact) mass is 506 g/mol. The molecule has 0 saturated heterocycles. The Hall–Kier alpha value is -2.01.